The number of anilines is 1. The van der Waals surface area contributed by atoms with Gasteiger partial charge >= 0.3 is 0 Å². The van der Waals surface area contributed by atoms with E-state index in [-0.39, 0.29) is 12.0 Å². The third kappa shape index (κ3) is 2.48. The van der Waals surface area contributed by atoms with Crippen LogP contribution in [0.2, 0.25) is 0 Å². The first-order valence-corrected chi connectivity index (χ1v) is 7.42. The van der Waals surface area contributed by atoms with Crippen molar-refractivity contribution in [3.63, 3.8) is 0 Å². The van der Waals surface area contributed by atoms with Gasteiger partial charge in [-0.2, -0.15) is 0 Å². The Kier molecular flexibility index (Phi) is 3.48. The quantitative estimate of drug-likeness (QED) is 0.855. The maximum absolute atomic E-state index is 15.3. The molecule has 0 aliphatic carbocycles. The van der Waals surface area contributed by atoms with E-state index in [1.165, 1.54) is 5.56 Å². The van der Waals surface area contributed by atoms with Crippen LogP contribution in [0.3, 0.4) is 0 Å². The summed E-state index contributed by atoms with van der Waals surface area (Å²) >= 11 is 0. The first kappa shape index (κ1) is 12.9. The summed E-state index contributed by atoms with van der Waals surface area (Å²) in [5, 5.41) is 6.76. The fourth-order valence-electron chi connectivity index (χ4n) is 3.48. The molecule has 3 atom stereocenters. The number of para-hydroxylation sites is 1. The molecular weight excluding hydrogens is 239 g/mol. The molecule has 0 bridgehead atoms. The average molecular weight is 262 g/mol. The van der Waals surface area contributed by atoms with Gasteiger partial charge in [-0.1, -0.05) is 18.2 Å². The number of nitrogens with one attached hydrogen (secondary N) is 2. The second-order valence-corrected chi connectivity index (χ2v) is 6.09. The van der Waals surface area contributed by atoms with Crippen LogP contribution in [-0.4, -0.2) is 24.8 Å². The molecule has 2 aliphatic rings. The van der Waals surface area contributed by atoms with E-state index in [2.05, 4.69) is 28.8 Å². The van der Waals surface area contributed by atoms with Crippen LogP contribution in [0, 0.1) is 5.92 Å². The number of hydrogen-bond donors (Lipinski definition) is 2. The summed E-state index contributed by atoms with van der Waals surface area (Å²) in [6, 6.07) is 8.21. The molecule has 3 heteroatoms. The van der Waals surface area contributed by atoms with E-state index < -0.39 is 5.67 Å². The number of fused-ring (bicyclic) bond motifs is 1. The lowest BCUT2D eigenvalue weighted by Gasteiger charge is -2.42. The summed E-state index contributed by atoms with van der Waals surface area (Å²) in [4.78, 5) is 0. The molecule has 0 spiro atoms. The largest absolute Gasteiger partial charge is 0.379 e. The Balaban J connectivity index is 1.76. The second-order valence-electron chi connectivity index (χ2n) is 6.09. The van der Waals surface area contributed by atoms with Crippen molar-refractivity contribution in [3.8, 4) is 0 Å². The Hall–Kier alpha value is -1.09. The Labute approximate surface area is 114 Å². The van der Waals surface area contributed by atoms with E-state index in [1.54, 1.807) is 6.92 Å². The molecule has 2 nitrogen and oxygen atoms in total. The Bertz CT molecular complexity index is 438. The molecule has 104 valence electrons. The van der Waals surface area contributed by atoms with Gasteiger partial charge in [0.15, 0.2) is 0 Å². The smallest absolute Gasteiger partial charge is 0.132 e. The summed E-state index contributed by atoms with van der Waals surface area (Å²) < 4.78 is 15.3. The summed E-state index contributed by atoms with van der Waals surface area (Å²) in [6.07, 6.45) is 3.96. The van der Waals surface area contributed by atoms with E-state index in [0.717, 1.165) is 44.5 Å². The number of benzene rings is 1. The van der Waals surface area contributed by atoms with Crippen molar-refractivity contribution in [1.82, 2.24) is 5.32 Å². The van der Waals surface area contributed by atoms with Crippen molar-refractivity contribution in [2.45, 2.75) is 44.3 Å². The first-order valence-electron chi connectivity index (χ1n) is 7.42. The van der Waals surface area contributed by atoms with Gasteiger partial charge in [-0.25, -0.2) is 4.39 Å². The minimum Gasteiger partial charge on any atom is -0.379 e. The molecule has 1 fully saturated rings. The average Bonchev–Trinajstić information content (AvgIpc) is 2.47. The number of rotatable bonds is 2. The van der Waals surface area contributed by atoms with Crippen molar-refractivity contribution in [3.05, 3.63) is 29.8 Å². The summed E-state index contributed by atoms with van der Waals surface area (Å²) in [5.74, 6) is 0.129. The molecule has 1 aromatic carbocycles. The molecule has 3 unspecified atom stereocenters. The molecule has 0 radical (unpaired) electrons. The topological polar surface area (TPSA) is 24.1 Å². The Morgan fingerprint density at radius 2 is 2.11 bits per heavy atom. The van der Waals surface area contributed by atoms with Crippen LogP contribution >= 0.6 is 0 Å². The van der Waals surface area contributed by atoms with Gasteiger partial charge in [-0.05, 0) is 50.8 Å². The molecule has 2 heterocycles. The normalized spacial score (nSPS) is 30.0. The van der Waals surface area contributed by atoms with Gasteiger partial charge in [-0.15, -0.1) is 0 Å². The van der Waals surface area contributed by atoms with Crippen LogP contribution < -0.4 is 10.6 Å². The van der Waals surface area contributed by atoms with Crippen LogP contribution in [0.5, 0.6) is 0 Å². The third-order valence-corrected chi connectivity index (χ3v) is 4.83. The summed E-state index contributed by atoms with van der Waals surface area (Å²) in [7, 11) is 0. The number of halogens is 1. The molecule has 0 amide bonds. The zero-order chi connectivity index (χ0) is 13.3. The van der Waals surface area contributed by atoms with Crippen molar-refractivity contribution in [1.29, 1.82) is 0 Å². The Morgan fingerprint density at radius 1 is 1.26 bits per heavy atom. The molecule has 2 N–H and O–H groups in total. The van der Waals surface area contributed by atoms with E-state index in [1.807, 2.05) is 6.07 Å². The highest BCUT2D eigenvalue weighted by molar-refractivity contribution is 5.54. The predicted molar refractivity (Wildman–Crippen MR) is 77.3 cm³/mol. The maximum Gasteiger partial charge on any atom is 0.132 e. The maximum atomic E-state index is 15.3. The monoisotopic (exact) mass is 262 g/mol. The van der Waals surface area contributed by atoms with Gasteiger partial charge in [-0.3, -0.25) is 0 Å². The van der Waals surface area contributed by atoms with Gasteiger partial charge in [0, 0.05) is 18.2 Å². The fourth-order valence-corrected chi connectivity index (χ4v) is 3.48. The molecule has 1 aromatic rings. The lowest BCUT2D eigenvalue weighted by atomic mass is 9.77. The number of alkyl halides is 1. The lowest BCUT2D eigenvalue weighted by Crippen LogP contribution is -2.52. The van der Waals surface area contributed by atoms with E-state index >= 15 is 4.39 Å². The molecule has 1 saturated heterocycles. The fraction of sp³-hybridized carbons (Fsp3) is 0.625. The van der Waals surface area contributed by atoms with Crippen LogP contribution in [0.15, 0.2) is 24.3 Å². The zero-order valence-corrected chi connectivity index (χ0v) is 11.6. The van der Waals surface area contributed by atoms with Crippen molar-refractivity contribution >= 4 is 5.69 Å². The Morgan fingerprint density at radius 3 is 2.89 bits per heavy atom. The van der Waals surface area contributed by atoms with Gasteiger partial charge in [0.1, 0.15) is 5.67 Å². The van der Waals surface area contributed by atoms with E-state index in [9.17, 15) is 0 Å². The van der Waals surface area contributed by atoms with Gasteiger partial charge < -0.3 is 10.6 Å². The number of hydrogen-bond acceptors (Lipinski definition) is 2. The van der Waals surface area contributed by atoms with E-state index in [4.69, 9.17) is 0 Å². The predicted octanol–water partition coefficient (Wildman–Crippen LogP) is 3.14. The molecule has 0 aromatic heterocycles. The summed E-state index contributed by atoms with van der Waals surface area (Å²) in [5.41, 5.74) is 1.30. The van der Waals surface area contributed by atoms with Gasteiger partial charge in [0.25, 0.3) is 0 Å². The van der Waals surface area contributed by atoms with E-state index in [0.29, 0.717) is 0 Å². The van der Waals surface area contributed by atoms with Gasteiger partial charge in [0.2, 0.25) is 0 Å². The van der Waals surface area contributed by atoms with Gasteiger partial charge in [0.05, 0.1) is 6.04 Å². The minimum absolute atomic E-state index is 0.0627. The summed E-state index contributed by atoms with van der Waals surface area (Å²) in [6.45, 7) is 3.64. The highest BCUT2D eigenvalue weighted by Gasteiger charge is 2.43. The first-order chi connectivity index (χ1) is 9.18. The number of aryl methyl sites for hydroxylation is 1. The standard InChI is InChI=1S/C16H23FN2/c1-16(17,13-6-4-10-18-11-13)15-9-8-12-5-2-3-7-14(12)19-15/h2-3,5,7,13,15,18-19H,4,6,8-11H2,1H3. The SMILES string of the molecule is CC(F)(C1CCCNC1)C1CCc2ccccc2N1. The van der Waals surface area contributed by atoms with Crippen LogP contribution in [0.4, 0.5) is 10.1 Å². The molecule has 19 heavy (non-hydrogen) atoms. The molecule has 0 saturated carbocycles. The van der Waals surface area contributed by atoms with Crippen LogP contribution in [-0.2, 0) is 6.42 Å². The van der Waals surface area contributed by atoms with Crippen molar-refractivity contribution in [2.24, 2.45) is 5.92 Å². The molecule has 2 aliphatic heterocycles. The minimum atomic E-state index is -1.14. The zero-order valence-electron chi connectivity index (χ0n) is 11.6. The van der Waals surface area contributed by atoms with Crippen LogP contribution in [0.25, 0.3) is 0 Å². The second kappa shape index (κ2) is 5.12. The lowest BCUT2D eigenvalue weighted by molar-refractivity contribution is 0.0583. The van der Waals surface area contributed by atoms with Crippen molar-refractivity contribution < 1.29 is 4.39 Å². The molecular formula is C16H23FN2. The van der Waals surface area contributed by atoms with Crippen LogP contribution in [0.1, 0.15) is 31.7 Å². The highest BCUT2D eigenvalue weighted by Crippen LogP contribution is 2.37. The molecule has 3 rings (SSSR count). The third-order valence-electron chi connectivity index (χ3n) is 4.83. The highest BCUT2D eigenvalue weighted by atomic mass is 19.1. The number of piperidine rings is 1. The van der Waals surface area contributed by atoms with Crippen molar-refractivity contribution in [2.75, 3.05) is 18.4 Å².